The van der Waals surface area contributed by atoms with Crippen LogP contribution in [-0.2, 0) is 0 Å². The van der Waals surface area contributed by atoms with E-state index in [4.69, 9.17) is 9.63 Å². The van der Waals surface area contributed by atoms with Crippen LogP contribution in [0.15, 0.2) is 4.52 Å². The van der Waals surface area contributed by atoms with Gasteiger partial charge in [-0.05, 0) is 13.8 Å². The maximum Gasteiger partial charge on any atom is 0.256 e. The van der Waals surface area contributed by atoms with Crippen LogP contribution in [0.5, 0.6) is 0 Å². The summed E-state index contributed by atoms with van der Waals surface area (Å²) in [6.07, 6.45) is 0. The van der Waals surface area contributed by atoms with Crippen molar-refractivity contribution in [1.29, 1.82) is 0 Å². The molecule has 16 heavy (non-hydrogen) atoms. The summed E-state index contributed by atoms with van der Waals surface area (Å²) < 4.78 is 4.91. The Kier molecular flexibility index (Phi) is 3.70. The van der Waals surface area contributed by atoms with E-state index in [1.54, 1.807) is 13.8 Å². The summed E-state index contributed by atoms with van der Waals surface area (Å²) in [6.45, 7) is 7.61. The summed E-state index contributed by atoms with van der Waals surface area (Å²) in [5.74, 6) is 0.301. The molecule has 1 aromatic rings. The third kappa shape index (κ3) is 2.82. The number of rotatable bonds is 4. The van der Waals surface area contributed by atoms with E-state index in [1.165, 1.54) is 0 Å². The molecule has 0 spiro atoms. The van der Waals surface area contributed by atoms with Crippen molar-refractivity contribution in [2.75, 3.05) is 13.2 Å². The topological polar surface area (TPSA) is 75.4 Å². The minimum atomic E-state index is -0.325. The highest BCUT2D eigenvalue weighted by atomic mass is 16.5. The van der Waals surface area contributed by atoms with Gasteiger partial charge in [0.25, 0.3) is 5.91 Å². The van der Waals surface area contributed by atoms with Gasteiger partial charge in [-0.2, -0.15) is 0 Å². The number of amides is 1. The van der Waals surface area contributed by atoms with E-state index >= 15 is 0 Å². The van der Waals surface area contributed by atoms with Crippen LogP contribution < -0.4 is 5.32 Å². The molecule has 0 aliphatic rings. The van der Waals surface area contributed by atoms with Gasteiger partial charge in [0.2, 0.25) is 0 Å². The third-order valence-electron chi connectivity index (χ3n) is 2.42. The van der Waals surface area contributed by atoms with E-state index in [0.717, 1.165) is 0 Å². The number of aromatic nitrogens is 1. The Balaban J connectivity index is 2.67. The Hall–Kier alpha value is -1.36. The van der Waals surface area contributed by atoms with Crippen LogP contribution >= 0.6 is 0 Å². The number of aryl methyl sites for hydroxylation is 2. The molecule has 90 valence electrons. The number of carbonyl (C=O) groups is 1. The van der Waals surface area contributed by atoms with Crippen LogP contribution in [0.4, 0.5) is 0 Å². The Morgan fingerprint density at radius 2 is 2.12 bits per heavy atom. The lowest BCUT2D eigenvalue weighted by Gasteiger charge is -2.21. The molecule has 1 amide bonds. The SMILES string of the molecule is Cc1noc(C)c1C(=O)NCC(C)(C)CO. The van der Waals surface area contributed by atoms with E-state index in [9.17, 15) is 4.79 Å². The van der Waals surface area contributed by atoms with Crippen molar-refractivity contribution in [2.45, 2.75) is 27.7 Å². The predicted octanol–water partition coefficient (Wildman–Crippen LogP) is 1.04. The summed E-state index contributed by atoms with van der Waals surface area (Å²) in [4.78, 5) is 11.8. The van der Waals surface area contributed by atoms with Crippen molar-refractivity contribution in [3.63, 3.8) is 0 Å². The molecule has 1 rings (SSSR count). The molecule has 0 fully saturated rings. The van der Waals surface area contributed by atoms with Gasteiger partial charge in [-0.3, -0.25) is 4.79 Å². The molecule has 0 aliphatic heterocycles. The van der Waals surface area contributed by atoms with Crippen LogP contribution in [0.25, 0.3) is 0 Å². The number of hydrogen-bond donors (Lipinski definition) is 2. The summed E-state index contributed by atoms with van der Waals surface area (Å²) in [7, 11) is 0. The number of hydrogen-bond acceptors (Lipinski definition) is 4. The van der Waals surface area contributed by atoms with Gasteiger partial charge < -0.3 is 14.9 Å². The number of carbonyl (C=O) groups excluding carboxylic acids is 1. The zero-order valence-electron chi connectivity index (χ0n) is 10.1. The maximum atomic E-state index is 11.8. The summed E-state index contributed by atoms with van der Waals surface area (Å²) in [5, 5.41) is 15.5. The van der Waals surface area contributed by atoms with Crippen molar-refractivity contribution >= 4 is 5.91 Å². The van der Waals surface area contributed by atoms with Gasteiger partial charge >= 0.3 is 0 Å². The number of aliphatic hydroxyl groups is 1. The van der Waals surface area contributed by atoms with E-state index in [2.05, 4.69) is 10.5 Å². The fraction of sp³-hybridized carbons (Fsp3) is 0.636. The second kappa shape index (κ2) is 4.65. The predicted molar refractivity (Wildman–Crippen MR) is 59.2 cm³/mol. The minimum Gasteiger partial charge on any atom is -0.396 e. The molecule has 0 radical (unpaired) electrons. The molecular weight excluding hydrogens is 208 g/mol. The van der Waals surface area contributed by atoms with Gasteiger partial charge in [-0.25, -0.2) is 0 Å². The fourth-order valence-corrected chi connectivity index (χ4v) is 1.27. The lowest BCUT2D eigenvalue weighted by atomic mass is 9.95. The highest BCUT2D eigenvalue weighted by molar-refractivity contribution is 5.96. The first-order valence-corrected chi connectivity index (χ1v) is 5.19. The van der Waals surface area contributed by atoms with Crippen molar-refractivity contribution in [3.8, 4) is 0 Å². The molecule has 2 N–H and O–H groups in total. The first-order valence-electron chi connectivity index (χ1n) is 5.19. The molecule has 5 heteroatoms. The lowest BCUT2D eigenvalue weighted by molar-refractivity contribution is 0.0909. The first kappa shape index (κ1) is 12.7. The third-order valence-corrected chi connectivity index (χ3v) is 2.42. The van der Waals surface area contributed by atoms with Gasteiger partial charge in [0, 0.05) is 18.6 Å². The van der Waals surface area contributed by atoms with Gasteiger partial charge in [-0.15, -0.1) is 0 Å². The van der Waals surface area contributed by atoms with Crippen LogP contribution in [0.1, 0.15) is 35.7 Å². The molecule has 0 atom stereocenters. The molecule has 1 aromatic heterocycles. The molecule has 0 saturated carbocycles. The van der Waals surface area contributed by atoms with Crippen molar-refractivity contribution in [1.82, 2.24) is 10.5 Å². The minimum absolute atomic E-state index is 0.0227. The zero-order chi connectivity index (χ0) is 12.3. The molecule has 5 nitrogen and oxygen atoms in total. The Labute approximate surface area is 94.8 Å². The highest BCUT2D eigenvalue weighted by Crippen LogP contribution is 2.14. The standard InChI is InChI=1S/C11H18N2O3/c1-7-9(8(2)16-13-7)10(15)12-5-11(3,4)6-14/h14H,5-6H2,1-4H3,(H,12,15). The van der Waals surface area contributed by atoms with E-state index in [-0.39, 0.29) is 17.9 Å². The van der Waals surface area contributed by atoms with Gasteiger partial charge in [0.05, 0.1) is 5.69 Å². The first-order chi connectivity index (χ1) is 7.37. The average Bonchev–Trinajstić information content (AvgIpc) is 2.55. The lowest BCUT2D eigenvalue weighted by Crippen LogP contribution is -2.36. The van der Waals surface area contributed by atoms with Gasteiger partial charge in [0.15, 0.2) is 0 Å². The van der Waals surface area contributed by atoms with Crippen molar-refractivity contribution in [2.24, 2.45) is 5.41 Å². The van der Waals surface area contributed by atoms with Crippen LogP contribution in [0, 0.1) is 19.3 Å². The summed E-state index contributed by atoms with van der Waals surface area (Å²) in [5.41, 5.74) is 0.736. The Morgan fingerprint density at radius 1 is 1.50 bits per heavy atom. The normalized spacial score (nSPS) is 11.6. The van der Waals surface area contributed by atoms with Crippen molar-refractivity contribution in [3.05, 3.63) is 17.0 Å². The van der Waals surface area contributed by atoms with Crippen molar-refractivity contribution < 1.29 is 14.4 Å². The molecular formula is C11H18N2O3. The van der Waals surface area contributed by atoms with Crippen LogP contribution in [-0.4, -0.2) is 29.3 Å². The number of aliphatic hydroxyl groups excluding tert-OH is 1. The summed E-state index contributed by atoms with van der Waals surface area (Å²) >= 11 is 0. The van der Waals surface area contributed by atoms with E-state index in [1.807, 2.05) is 13.8 Å². The molecule has 0 saturated heterocycles. The monoisotopic (exact) mass is 226 g/mol. The second-order valence-corrected chi connectivity index (χ2v) is 4.70. The smallest absolute Gasteiger partial charge is 0.256 e. The molecule has 0 bridgehead atoms. The summed E-state index contributed by atoms with van der Waals surface area (Å²) in [6, 6.07) is 0. The van der Waals surface area contributed by atoms with E-state index in [0.29, 0.717) is 23.6 Å². The number of nitrogens with one attached hydrogen (secondary N) is 1. The average molecular weight is 226 g/mol. The molecule has 1 heterocycles. The van der Waals surface area contributed by atoms with Gasteiger partial charge in [0.1, 0.15) is 11.3 Å². The van der Waals surface area contributed by atoms with Crippen LogP contribution in [0.2, 0.25) is 0 Å². The molecule has 0 aliphatic carbocycles. The molecule has 0 unspecified atom stereocenters. The quantitative estimate of drug-likeness (QED) is 0.804. The maximum absolute atomic E-state index is 11.8. The largest absolute Gasteiger partial charge is 0.396 e. The highest BCUT2D eigenvalue weighted by Gasteiger charge is 2.21. The Bertz CT molecular complexity index is 363. The van der Waals surface area contributed by atoms with Crippen LogP contribution in [0.3, 0.4) is 0 Å². The van der Waals surface area contributed by atoms with Gasteiger partial charge in [-0.1, -0.05) is 19.0 Å². The second-order valence-electron chi connectivity index (χ2n) is 4.70. The molecule has 0 aromatic carbocycles. The Morgan fingerprint density at radius 3 is 2.56 bits per heavy atom. The zero-order valence-corrected chi connectivity index (χ0v) is 10.1. The fourth-order valence-electron chi connectivity index (χ4n) is 1.27. The number of nitrogens with zero attached hydrogens (tertiary/aromatic N) is 1. The van der Waals surface area contributed by atoms with E-state index < -0.39 is 0 Å².